The topological polar surface area (TPSA) is 78.1 Å². The van der Waals surface area contributed by atoms with Crippen molar-refractivity contribution >= 4 is 17.4 Å². The molecule has 1 aliphatic rings. The Hall–Kier alpha value is -3.25. The molecule has 1 unspecified atom stereocenters. The van der Waals surface area contributed by atoms with Crippen LogP contribution in [0.4, 0.5) is 5.69 Å². The average molecular weight is 374 g/mol. The highest BCUT2D eigenvalue weighted by Gasteiger charge is 2.27. The molecule has 6 heteroatoms. The van der Waals surface area contributed by atoms with Crippen molar-refractivity contribution in [2.45, 2.75) is 25.9 Å². The van der Waals surface area contributed by atoms with Crippen LogP contribution in [0.2, 0.25) is 0 Å². The lowest BCUT2D eigenvalue weighted by atomic mass is 10.0. The molecule has 1 aliphatic heterocycles. The van der Waals surface area contributed by atoms with Crippen LogP contribution in [0.25, 0.3) is 0 Å². The minimum absolute atomic E-state index is 0.107. The molecule has 6 nitrogen and oxygen atoms in total. The van der Waals surface area contributed by atoms with E-state index in [0.717, 1.165) is 24.4 Å². The highest BCUT2D eigenvalue weighted by atomic mass is 16.2. The van der Waals surface area contributed by atoms with E-state index in [2.05, 4.69) is 20.2 Å². The van der Waals surface area contributed by atoms with Crippen molar-refractivity contribution in [2.75, 3.05) is 11.9 Å². The Morgan fingerprint density at radius 1 is 1.11 bits per heavy atom. The number of ketones is 1. The number of carbonyl (C=O) groups excluding carboxylic acids is 2. The molecule has 0 bridgehead atoms. The van der Waals surface area contributed by atoms with E-state index in [0.29, 0.717) is 23.4 Å². The third-order valence-electron chi connectivity index (χ3n) is 5.20. The normalized spacial score (nSPS) is 14.9. The molecular weight excluding hydrogens is 352 g/mol. The highest BCUT2D eigenvalue weighted by Crippen LogP contribution is 2.21. The largest absolute Gasteiger partial charge is 0.347 e. The predicted molar refractivity (Wildman–Crippen MR) is 107 cm³/mol. The van der Waals surface area contributed by atoms with E-state index in [4.69, 9.17) is 0 Å². The molecule has 0 saturated heterocycles. The quantitative estimate of drug-likeness (QED) is 0.673. The van der Waals surface area contributed by atoms with Crippen LogP contribution in [0.3, 0.4) is 0 Å². The number of imidazole rings is 1. The van der Waals surface area contributed by atoms with Gasteiger partial charge in [0.2, 0.25) is 5.91 Å². The number of fused-ring (bicyclic) bond motifs is 1. The van der Waals surface area contributed by atoms with E-state index in [-0.39, 0.29) is 17.7 Å². The fourth-order valence-electron chi connectivity index (χ4n) is 3.50. The number of amides is 1. The van der Waals surface area contributed by atoms with E-state index in [1.807, 2.05) is 31.2 Å². The van der Waals surface area contributed by atoms with Gasteiger partial charge in [0, 0.05) is 30.6 Å². The number of para-hydroxylation sites is 1. The number of hydrogen-bond donors (Lipinski definition) is 2. The van der Waals surface area contributed by atoms with Crippen molar-refractivity contribution < 1.29 is 9.59 Å². The van der Waals surface area contributed by atoms with Gasteiger partial charge in [-0.2, -0.15) is 0 Å². The maximum atomic E-state index is 12.9. The van der Waals surface area contributed by atoms with Crippen LogP contribution in [0.15, 0.2) is 60.9 Å². The van der Waals surface area contributed by atoms with Crippen molar-refractivity contribution in [2.24, 2.45) is 0 Å². The number of aromatic nitrogens is 2. The SMILES string of the molecule is CC(C(=O)Nc1ccccc1C(=O)c1ccccc1)N1CCc2nc[nH]c2C1. The van der Waals surface area contributed by atoms with Gasteiger partial charge >= 0.3 is 0 Å². The Kier molecular flexibility index (Phi) is 5.04. The van der Waals surface area contributed by atoms with E-state index >= 15 is 0 Å². The number of hydrogen-bond acceptors (Lipinski definition) is 4. The van der Waals surface area contributed by atoms with Crippen LogP contribution in [0.1, 0.15) is 34.2 Å². The predicted octanol–water partition coefficient (Wildman–Crippen LogP) is 3.03. The smallest absolute Gasteiger partial charge is 0.241 e. The number of H-pyrrole nitrogens is 1. The van der Waals surface area contributed by atoms with Crippen LogP contribution in [0, 0.1) is 0 Å². The summed E-state index contributed by atoms with van der Waals surface area (Å²) in [6.45, 7) is 3.32. The van der Waals surface area contributed by atoms with Gasteiger partial charge in [0.15, 0.2) is 5.78 Å². The first kappa shape index (κ1) is 18.1. The molecule has 2 aromatic carbocycles. The Balaban J connectivity index is 1.50. The summed E-state index contributed by atoms with van der Waals surface area (Å²) in [5.74, 6) is -0.236. The third kappa shape index (κ3) is 3.59. The lowest BCUT2D eigenvalue weighted by Gasteiger charge is -2.31. The molecule has 0 spiro atoms. The molecule has 1 amide bonds. The molecule has 2 heterocycles. The Bertz CT molecular complexity index is 997. The third-order valence-corrected chi connectivity index (χ3v) is 5.20. The molecule has 142 valence electrons. The van der Waals surface area contributed by atoms with Gasteiger partial charge in [0.25, 0.3) is 0 Å². The summed E-state index contributed by atoms with van der Waals surface area (Å²) in [6, 6.07) is 15.9. The second-order valence-electron chi connectivity index (χ2n) is 6.95. The number of nitrogens with one attached hydrogen (secondary N) is 2. The summed E-state index contributed by atoms with van der Waals surface area (Å²) in [7, 11) is 0. The van der Waals surface area contributed by atoms with Crippen LogP contribution < -0.4 is 5.32 Å². The minimum atomic E-state index is -0.323. The summed E-state index contributed by atoms with van der Waals surface area (Å²) >= 11 is 0. The first-order chi connectivity index (χ1) is 13.6. The molecule has 3 aromatic rings. The summed E-state index contributed by atoms with van der Waals surface area (Å²) in [6.07, 6.45) is 2.52. The van der Waals surface area contributed by atoms with Gasteiger partial charge < -0.3 is 10.3 Å². The van der Waals surface area contributed by atoms with Gasteiger partial charge in [-0.05, 0) is 19.1 Å². The first-order valence-corrected chi connectivity index (χ1v) is 9.38. The number of carbonyl (C=O) groups is 2. The fraction of sp³-hybridized carbons (Fsp3) is 0.227. The zero-order valence-corrected chi connectivity index (χ0v) is 15.7. The minimum Gasteiger partial charge on any atom is -0.347 e. The summed E-state index contributed by atoms with van der Waals surface area (Å²) in [5, 5.41) is 2.95. The van der Waals surface area contributed by atoms with E-state index in [1.165, 1.54) is 0 Å². The van der Waals surface area contributed by atoms with Crippen LogP contribution >= 0.6 is 0 Å². The van der Waals surface area contributed by atoms with Crippen LogP contribution in [0.5, 0.6) is 0 Å². The molecule has 0 saturated carbocycles. The van der Waals surface area contributed by atoms with Crippen molar-refractivity contribution in [1.29, 1.82) is 0 Å². The van der Waals surface area contributed by atoms with Crippen molar-refractivity contribution in [3.63, 3.8) is 0 Å². The summed E-state index contributed by atoms with van der Waals surface area (Å²) in [5.41, 5.74) is 3.75. The number of rotatable bonds is 5. The van der Waals surface area contributed by atoms with Gasteiger partial charge in [0.1, 0.15) is 0 Å². The number of nitrogens with zero attached hydrogens (tertiary/aromatic N) is 2. The molecule has 0 radical (unpaired) electrons. The molecule has 1 aromatic heterocycles. The average Bonchev–Trinajstić information content (AvgIpc) is 3.21. The molecule has 28 heavy (non-hydrogen) atoms. The van der Waals surface area contributed by atoms with Gasteiger partial charge in [-0.1, -0.05) is 42.5 Å². The van der Waals surface area contributed by atoms with E-state index in [1.54, 1.807) is 36.7 Å². The number of aromatic amines is 1. The summed E-state index contributed by atoms with van der Waals surface area (Å²) in [4.78, 5) is 35.3. The molecule has 0 fully saturated rings. The molecule has 2 N–H and O–H groups in total. The maximum absolute atomic E-state index is 12.9. The van der Waals surface area contributed by atoms with Gasteiger partial charge in [-0.3, -0.25) is 14.5 Å². The molecule has 4 rings (SSSR count). The monoisotopic (exact) mass is 374 g/mol. The van der Waals surface area contributed by atoms with E-state index < -0.39 is 0 Å². The second kappa shape index (κ2) is 7.78. The van der Waals surface area contributed by atoms with Gasteiger partial charge in [0.05, 0.1) is 29.4 Å². The van der Waals surface area contributed by atoms with Gasteiger partial charge in [-0.15, -0.1) is 0 Å². The molecule has 0 aliphatic carbocycles. The zero-order chi connectivity index (χ0) is 19.5. The standard InChI is InChI=1S/C22H22N4O2/c1-15(26-12-11-19-20(13-26)24-14-23-19)22(28)25-18-10-6-5-9-17(18)21(27)16-7-3-2-4-8-16/h2-10,14-15H,11-13H2,1H3,(H,23,24)(H,25,28). The van der Waals surface area contributed by atoms with Crippen molar-refractivity contribution in [3.05, 3.63) is 83.4 Å². The number of anilines is 1. The summed E-state index contributed by atoms with van der Waals surface area (Å²) < 4.78 is 0. The fourth-order valence-corrected chi connectivity index (χ4v) is 3.50. The van der Waals surface area contributed by atoms with Crippen LogP contribution in [-0.2, 0) is 17.8 Å². The second-order valence-corrected chi connectivity index (χ2v) is 6.95. The molecular formula is C22H22N4O2. The van der Waals surface area contributed by atoms with Crippen LogP contribution in [-0.4, -0.2) is 39.1 Å². The molecule has 1 atom stereocenters. The first-order valence-electron chi connectivity index (χ1n) is 9.38. The Labute approximate surface area is 163 Å². The van der Waals surface area contributed by atoms with Gasteiger partial charge in [-0.25, -0.2) is 4.98 Å². The Morgan fingerprint density at radius 2 is 1.86 bits per heavy atom. The lowest BCUT2D eigenvalue weighted by molar-refractivity contribution is -0.121. The Morgan fingerprint density at radius 3 is 2.68 bits per heavy atom. The van der Waals surface area contributed by atoms with Crippen molar-refractivity contribution in [1.82, 2.24) is 14.9 Å². The zero-order valence-electron chi connectivity index (χ0n) is 15.7. The van der Waals surface area contributed by atoms with E-state index in [9.17, 15) is 9.59 Å². The number of benzene rings is 2. The highest BCUT2D eigenvalue weighted by molar-refractivity contribution is 6.14. The maximum Gasteiger partial charge on any atom is 0.241 e. The van der Waals surface area contributed by atoms with Crippen molar-refractivity contribution in [3.8, 4) is 0 Å². The lowest BCUT2D eigenvalue weighted by Crippen LogP contribution is -2.44.